The average molecular weight is 380 g/mol. The molecule has 1 heterocycles. The molecule has 1 fully saturated rings. The first-order chi connectivity index (χ1) is 13.4. The molecule has 28 heavy (non-hydrogen) atoms. The first-order valence-corrected chi connectivity index (χ1v) is 9.37. The molecule has 1 aliphatic rings. The quantitative estimate of drug-likeness (QED) is 0.749. The van der Waals surface area contributed by atoms with Gasteiger partial charge in [-0.2, -0.15) is 0 Å². The summed E-state index contributed by atoms with van der Waals surface area (Å²) in [4.78, 5) is 37.2. The topological polar surface area (TPSA) is 75.7 Å². The fourth-order valence-corrected chi connectivity index (χ4v) is 3.00. The lowest BCUT2D eigenvalue weighted by Crippen LogP contribution is -2.28. The molecule has 6 nitrogen and oxygen atoms in total. The summed E-state index contributed by atoms with van der Waals surface area (Å²) in [6.07, 6.45) is 0.641. The Morgan fingerprint density at radius 3 is 2.32 bits per heavy atom. The van der Waals surface area contributed by atoms with Crippen LogP contribution < -0.4 is 10.2 Å². The minimum atomic E-state index is -0.213. The van der Waals surface area contributed by atoms with E-state index >= 15 is 0 Å². The van der Waals surface area contributed by atoms with E-state index in [1.165, 1.54) is 4.90 Å². The van der Waals surface area contributed by atoms with Gasteiger partial charge in [-0.25, -0.2) is 0 Å². The summed E-state index contributed by atoms with van der Waals surface area (Å²) in [5, 5.41) is 2.89. The number of nitrogens with zero attached hydrogens (tertiary/aromatic N) is 1. The van der Waals surface area contributed by atoms with Gasteiger partial charge in [0.05, 0.1) is 18.4 Å². The molecule has 2 aromatic rings. The van der Waals surface area contributed by atoms with Crippen LogP contribution in [-0.2, 0) is 27.5 Å². The summed E-state index contributed by atoms with van der Waals surface area (Å²) in [6, 6.07) is 14.4. The SMILES string of the molecule is CC(C)OCc1cccc(CNC(=O)c2ccc(N3C(=O)CCC3=O)cc2)c1. The fraction of sp³-hybridized carbons (Fsp3) is 0.318. The van der Waals surface area contributed by atoms with Crippen LogP contribution in [0.2, 0.25) is 0 Å². The molecule has 1 aliphatic heterocycles. The van der Waals surface area contributed by atoms with Crippen molar-refractivity contribution in [2.45, 2.75) is 45.9 Å². The highest BCUT2D eigenvalue weighted by Gasteiger charge is 2.30. The van der Waals surface area contributed by atoms with E-state index in [0.29, 0.717) is 24.4 Å². The molecule has 0 saturated carbocycles. The zero-order valence-corrected chi connectivity index (χ0v) is 16.1. The van der Waals surface area contributed by atoms with Crippen LogP contribution in [-0.4, -0.2) is 23.8 Å². The van der Waals surface area contributed by atoms with Crippen LogP contribution in [0.1, 0.15) is 48.2 Å². The minimum absolute atomic E-state index is 0.164. The van der Waals surface area contributed by atoms with Crippen LogP contribution in [0.3, 0.4) is 0 Å². The largest absolute Gasteiger partial charge is 0.374 e. The van der Waals surface area contributed by atoms with Gasteiger partial charge in [0.1, 0.15) is 0 Å². The van der Waals surface area contributed by atoms with E-state index in [9.17, 15) is 14.4 Å². The Morgan fingerprint density at radius 1 is 1.04 bits per heavy atom. The summed E-state index contributed by atoms with van der Waals surface area (Å²) in [6.45, 7) is 4.92. The molecule has 0 radical (unpaired) electrons. The second-order valence-electron chi connectivity index (χ2n) is 7.03. The van der Waals surface area contributed by atoms with Crippen LogP contribution in [0.5, 0.6) is 0 Å². The lowest BCUT2D eigenvalue weighted by Gasteiger charge is -2.14. The van der Waals surface area contributed by atoms with E-state index in [2.05, 4.69) is 5.32 Å². The normalized spacial score (nSPS) is 14.0. The Balaban J connectivity index is 1.59. The minimum Gasteiger partial charge on any atom is -0.374 e. The van der Waals surface area contributed by atoms with Gasteiger partial charge in [0.25, 0.3) is 5.91 Å². The highest BCUT2D eigenvalue weighted by Crippen LogP contribution is 2.22. The third-order valence-corrected chi connectivity index (χ3v) is 4.47. The van der Waals surface area contributed by atoms with Gasteiger partial charge in [-0.15, -0.1) is 0 Å². The van der Waals surface area contributed by atoms with E-state index in [1.807, 2.05) is 38.1 Å². The van der Waals surface area contributed by atoms with Gasteiger partial charge in [-0.3, -0.25) is 19.3 Å². The molecule has 0 spiro atoms. The number of hydrogen-bond acceptors (Lipinski definition) is 4. The number of ether oxygens (including phenoxy) is 1. The first-order valence-electron chi connectivity index (χ1n) is 9.37. The van der Waals surface area contributed by atoms with Gasteiger partial charge in [0.15, 0.2) is 0 Å². The van der Waals surface area contributed by atoms with Crippen LogP contribution in [0, 0.1) is 0 Å². The molecule has 0 atom stereocenters. The molecule has 146 valence electrons. The summed E-state index contributed by atoms with van der Waals surface area (Å²) in [5.41, 5.74) is 3.02. The Kier molecular flexibility index (Phi) is 6.21. The predicted molar refractivity (Wildman–Crippen MR) is 106 cm³/mol. The number of hydrogen-bond donors (Lipinski definition) is 1. The van der Waals surface area contributed by atoms with Crippen LogP contribution >= 0.6 is 0 Å². The van der Waals surface area contributed by atoms with Crippen molar-refractivity contribution in [2.75, 3.05) is 4.90 Å². The highest BCUT2D eigenvalue weighted by atomic mass is 16.5. The second kappa shape index (κ2) is 8.80. The molecule has 1 N–H and O–H groups in total. The van der Waals surface area contributed by atoms with Gasteiger partial charge in [-0.05, 0) is 49.2 Å². The van der Waals surface area contributed by atoms with Gasteiger partial charge in [-0.1, -0.05) is 24.3 Å². The third-order valence-electron chi connectivity index (χ3n) is 4.47. The van der Waals surface area contributed by atoms with E-state index < -0.39 is 0 Å². The molecule has 1 saturated heterocycles. The Morgan fingerprint density at radius 2 is 1.68 bits per heavy atom. The zero-order chi connectivity index (χ0) is 20.1. The molecule has 0 aromatic heterocycles. The summed E-state index contributed by atoms with van der Waals surface area (Å²) >= 11 is 0. The van der Waals surface area contributed by atoms with Gasteiger partial charge < -0.3 is 10.1 Å². The van der Waals surface area contributed by atoms with E-state index in [0.717, 1.165) is 11.1 Å². The van der Waals surface area contributed by atoms with Gasteiger partial charge >= 0.3 is 0 Å². The van der Waals surface area contributed by atoms with Crippen molar-refractivity contribution in [1.29, 1.82) is 0 Å². The number of anilines is 1. The summed E-state index contributed by atoms with van der Waals surface area (Å²) in [5.74, 6) is -0.624. The average Bonchev–Trinajstić information content (AvgIpc) is 3.03. The predicted octanol–water partition coefficient (Wildman–Crippen LogP) is 3.20. The summed E-state index contributed by atoms with van der Waals surface area (Å²) in [7, 11) is 0. The van der Waals surface area contributed by atoms with Crippen molar-refractivity contribution in [1.82, 2.24) is 5.32 Å². The number of imide groups is 1. The number of rotatable bonds is 7. The van der Waals surface area contributed by atoms with Crippen molar-refractivity contribution < 1.29 is 19.1 Å². The van der Waals surface area contributed by atoms with Crippen molar-refractivity contribution >= 4 is 23.4 Å². The van der Waals surface area contributed by atoms with E-state index in [-0.39, 0.29) is 36.7 Å². The monoisotopic (exact) mass is 380 g/mol. The molecular formula is C22H24N2O4. The van der Waals surface area contributed by atoms with E-state index in [4.69, 9.17) is 4.74 Å². The second-order valence-corrected chi connectivity index (χ2v) is 7.03. The number of benzene rings is 2. The third kappa shape index (κ3) is 4.84. The fourth-order valence-electron chi connectivity index (χ4n) is 3.00. The van der Waals surface area contributed by atoms with Crippen molar-refractivity contribution in [3.05, 3.63) is 65.2 Å². The number of carbonyl (C=O) groups is 3. The molecule has 3 rings (SSSR count). The Labute approximate surface area is 164 Å². The maximum atomic E-state index is 12.4. The molecule has 6 heteroatoms. The van der Waals surface area contributed by atoms with Crippen molar-refractivity contribution in [3.63, 3.8) is 0 Å². The summed E-state index contributed by atoms with van der Waals surface area (Å²) < 4.78 is 5.61. The van der Waals surface area contributed by atoms with Crippen LogP contribution in [0.25, 0.3) is 0 Å². The van der Waals surface area contributed by atoms with E-state index in [1.54, 1.807) is 24.3 Å². The van der Waals surface area contributed by atoms with Gasteiger partial charge in [0.2, 0.25) is 11.8 Å². The molecular weight excluding hydrogens is 356 g/mol. The zero-order valence-electron chi connectivity index (χ0n) is 16.1. The van der Waals surface area contributed by atoms with Crippen molar-refractivity contribution in [2.24, 2.45) is 0 Å². The van der Waals surface area contributed by atoms with Crippen molar-refractivity contribution in [3.8, 4) is 0 Å². The highest BCUT2D eigenvalue weighted by molar-refractivity contribution is 6.19. The lowest BCUT2D eigenvalue weighted by molar-refractivity contribution is -0.121. The maximum absolute atomic E-state index is 12.4. The van der Waals surface area contributed by atoms with Crippen LogP contribution in [0.4, 0.5) is 5.69 Å². The number of nitrogens with one attached hydrogen (secondary N) is 1. The standard InChI is InChI=1S/C22H24N2O4/c1-15(2)28-14-17-5-3-4-16(12-17)13-23-22(27)18-6-8-19(9-7-18)24-20(25)10-11-21(24)26/h3-9,12,15H,10-11,13-14H2,1-2H3,(H,23,27). The molecule has 0 bridgehead atoms. The first kappa shape index (κ1) is 19.8. The molecule has 0 aliphatic carbocycles. The Bertz CT molecular complexity index is 858. The number of carbonyl (C=O) groups excluding carboxylic acids is 3. The molecule has 0 unspecified atom stereocenters. The maximum Gasteiger partial charge on any atom is 0.251 e. The lowest BCUT2D eigenvalue weighted by atomic mass is 10.1. The van der Waals surface area contributed by atoms with Crippen LogP contribution in [0.15, 0.2) is 48.5 Å². The smallest absolute Gasteiger partial charge is 0.251 e. The molecule has 2 aromatic carbocycles. The number of amides is 3. The van der Waals surface area contributed by atoms with Gasteiger partial charge in [0, 0.05) is 24.9 Å². The molecule has 3 amide bonds. The Hall–Kier alpha value is -2.99.